The first-order valence-electron chi connectivity index (χ1n) is 6.85. The third-order valence-corrected chi connectivity index (χ3v) is 3.29. The van der Waals surface area contributed by atoms with Crippen LogP contribution >= 0.6 is 0 Å². The second-order valence-electron chi connectivity index (χ2n) is 4.99. The minimum atomic E-state index is -0.0849. The first-order valence-corrected chi connectivity index (χ1v) is 6.85. The number of hydrazone groups is 1. The quantitative estimate of drug-likeness (QED) is 0.663. The number of aryl methyl sites for hydroxylation is 1. The van der Waals surface area contributed by atoms with E-state index in [2.05, 4.69) is 15.4 Å². The van der Waals surface area contributed by atoms with Crippen molar-refractivity contribution in [2.45, 2.75) is 13.8 Å². The van der Waals surface area contributed by atoms with Crippen LogP contribution in [0.4, 0.5) is 0 Å². The minimum absolute atomic E-state index is 0.0849. The molecule has 1 aliphatic rings. The van der Waals surface area contributed by atoms with Crippen LogP contribution < -0.4 is 5.43 Å². The Morgan fingerprint density at radius 2 is 1.95 bits per heavy atom. The van der Waals surface area contributed by atoms with Crippen LogP contribution in [-0.2, 0) is 9.53 Å². The summed E-state index contributed by atoms with van der Waals surface area (Å²) in [6.45, 7) is 7.29. The van der Waals surface area contributed by atoms with Gasteiger partial charge in [0.1, 0.15) is 0 Å². The highest BCUT2D eigenvalue weighted by molar-refractivity contribution is 5.99. The fourth-order valence-electron chi connectivity index (χ4n) is 2.00. The summed E-state index contributed by atoms with van der Waals surface area (Å²) in [4.78, 5) is 13.9. The summed E-state index contributed by atoms with van der Waals surface area (Å²) in [5, 5.41) is 4.15. The maximum atomic E-state index is 11.8. The van der Waals surface area contributed by atoms with Crippen molar-refractivity contribution in [2.24, 2.45) is 5.10 Å². The molecule has 0 spiro atoms. The van der Waals surface area contributed by atoms with Gasteiger partial charge >= 0.3 is 0 Å². The van der Waals surface area contributed by atoms with Crippen LogP contribution in [-0.4, -0.2) is 49.4 Å². The number of carbonyl (C=O) groups excluding carboxylic acids is 1. The highest BCUT2D eigenvalue weighted by Crippen LogP contribution is 2.04. The van der Waals surface area contributed by atoms with Crippen molar-refractivity contribution < 1.29 is 9.53 Å². The lowest BCUT2D eigenvalue weighted by atomic mass is 10.1. The average Bonchev–Trinajstić information content (AvgIpc) is 2.46. The standard InChI is InChI=1S/C15H21N3O2/c1-12-3-5-14(6-4-12)13(2)16-17-15(19)11-18-7-9-20-10-8-18/h3-6H,7-11H2,1-2H3,(H,17,19)/b16-13+. The van der Waals surface area contributed by atoms with E-state index in [1.165, 1.54) is 5.56 Å². The Hall–Kier alpha value is -1.72. The Morgan fingerprint density at radius 3 is 2.60 bits per heavy atom. The topological polar surface area (TPSA) is 53.9 Å². The molecule has 0 saturated carbocycles. The number of hydrogen-bond donors (Lipinski definition) is 1. The van der Waals surface area contributed by atoms with E-state index in [0.717, 1.165) is 24.4 Å². The highest BCUT2D eigenvalue weighted by atomic mass is 16.5. The maximum Gasteiger partial charge on any atom is 0.254 e. The number of ether oxygens (including phenoxy) is 1. The molecule has 0 bridgehead atoms. The van der Waals surface area contributed by atoms with E-state index in [-0.39, 0.29) is 5.91 Å². The number of hydrogen-bond acceptors (Lipinski definition) is 4. The molecule has 1 amide bonds. The molecule has 1 N–H and O–H groups in total. The molecule has 0 unspecified atom stereocenters. The van der Waals surface area contributed by atoms with Gasteiger partial charge in [0.2, 0.25) is 0 Å². The average molecular weight is 275 g/mol. The molecule has 1 heterocycles. The lowest BCUT2D eigenvalue weighted by Crippen LogP contribution is -2.42. The van der Waals surface area contributed by atoms with Crippen LogP contribution in [0.1, 0.15) is 18.1 Å². The molecule has 5 heteroatoms. The van der Waals surface area contributed by atoms with Crippen molar-refractivity contribution in [1.29, 1.82) is 0 Å². The Balaban J connectivity index is 1.84. The highest BCUT2D eigenvalue weighted by Gasteiger charge is 2.13. The number of rotatable bonds is 4. The largest absolute Gasteiger partial charge is 0.379 e. The molecule has 0 aliphatic carbocycles. The van der Waals surface area contributed by atoms with Gasteiger partial charge in [-0.2, -0.15) is 5.10 Å². The first-order chi connectivity index (χ1) is 9.65. The summed E-state index contributed by atoms with van der Waals surface area (Å²) in [7, 11) is 0. The van der Waals surface area contributed by atoms with E-state index in [4.69, 9.17) is 4.74 Å². The first kappa shape index (κ1) is 14.7. The van der Waals surface area contributed by atoms with Crippen molar-refractivity contribution in [3.05, 3.63) is 35.4 Å². The van der Waals surface area contributed by atoms with Crippen molar-refractivity contribution in [2.75, 3.05) is 32.8 Å². The zero-order chi connectivity index (χ0) is 14.4. The van der Waals surface area contributed by atoms with Gasteiger partial charge < -0.3 is 4.74 Å². The van der Waals surface area contributed by atoms with Crippen molar-refractivity contribution in [3.63, 3.8) is 0 Å². The molecular formula is C15H21N3O2. The molecule has 0 radical (unpaired) electrons. The molecule has 2 rings (SSSR count). The van der Waals surface area contributed by atoms with E-state index in [1.807, 2.05) is 38.1 Å². The zero-order valence-corrected chi connectivity index (χ0v) is 12.1. The fourth-order valence-corrected chi connectivity index (χ4v) is 2.00. The monoisotopic (exact) mass is 275 g/mol. The summed E-state index contributed by atoms with van der Waals surface area (Å²) in [6, 6.07) is 8.07. The van der Waals surface area contributed by atoms with E-state index in [0.29, 0.717) is 19.8 Å². The van der Waals surface area contributed by atoms with Gasteiger partial charge in [0.25, 0.3) is 5.91 Å². The number of nitrogens with one attached hydrogen (secondary N) is 1. The van der Waals surface area contributed by atoms with Crippen molar-refractivity contribution >= 4 is 11.6 Å². The number of morpholine rings is 1. The Labute approximate surface area is 119 Å². The van der Waals surface area contributed by atoms with Crippen LogP contribution in [0.2, 0.25) is 0 Å². The molecule has 108 valence electrons. The summed E-state index contributed by atoms with van der Waals surface area (Å²) in [5.74, 6) is -0.0849. The SMILES string of the molecule is C/C(=N\NC(=O)CN1CCOCC1)c1ccc(C)cc1. The molecule has 5 nitrogen and oxygen atoms in total. The van der Waals surface area contributed by atoms with E-state index in [1.54, 1.807) is 0 Å². The molecule has 1 aromatic carbocycles. The van der Waals surface area contributed by atoms with Crippen molar-refractivity contribution in [3.8, 4) is 0 Å². The van der Waals surface area contributed by atoms with Crippen LogP contribution in [0.3, 0.4) is 0 Å². The predicted molar refractivity (Wildman–Crippen MR) is 78.8 cm³/mol. The van der Waals surface area contributed by atoms with Crippen LogP contribution in [0.5, 0.6) is 0 Å². The van der Waals surface area contributed by atoms with Gasteiger partial charge in [-0.3, -0.25) is 9.69 Å². The summed E-state index contributed by atoms with van der Waals surface area (Å²) in [6.07, 6.45) is 0. The van der Waals surface area contributed by atoms with Gasteiger partial charge in [0, 0.05) is 13.1 Å². The Morgan fingerprint density at radius 1 is 1.30 bits per heavy atom. The van der Waals surface area contributed by atoms with E-state index < -0.39 is 0 Å². The maximum absolute atomic E-state index is 11.8. The van der Waals surface area contributed by atoms with Crippen LogP contribution in [0.25, 0.3) is 0 Å². The summed E-state index contributed by atoms with van der Waals surface area (Å²) in [5.41, 5.74) is 5.64. The van der Waals surface area contributed by atoms with Crippen LogP contribution in [0.15, 0.2) is 29.4 Å². The summed E-state index contributed by atoms with van der Waals surface area (Å²) < 4.78 is 5.25. The Kier molecular flexibility index (Phi) is 5.26. The third-order valence-electron chi connectivity index (χ3n) is 3.29. The number of nitrogens with zero attached hydrogens (tertiary/aromatic N) is 2. The second-order valence-corrected chi connectivity index (χ2v) is 4.99. The second kappa shape index (κ2) is 7.17. The zero-order valence-electron chi connectivity index (χ0n) is 12.1. The van der Waals surface area contributed by atoms with E-state index in [9.17, 15) is 4.79 Å². The molecule has 0 atom stereocenters. The lowest BCUT2D eigenvalue weighted by molar-refractivity contribution is -0.123. The van der Waals surface area contributed by atoms with Gasteiger partial charge in [-0.1, -0.05) is 29.8 Å². The smallest absolute Gasteiger partial charge is 0.254 e. The Bertz CT molecular complexity index is 476. The van der Waals surface area contributed by atoms with Gasteiger partial charge in [-0.15, -0.1) is 0 Å². The molecule has 20 heavy (non-hydrogen) atoms. The van der Waals surface area contributed by atoms with Gasteiger partial charge in [0.15, 0.2) is 0 Å². The molecular weight excluding hydrogens is 254 g/mol. The van der Waals surface area contributed by atoms with E-state index >= 15 is 0 Å². The van der Waals surface area contributed by atoms with Gasteiger partial charge in [-0.25, -0.2) is 5.43 Å². The fraction of sp³-hybridized carbons (Fsp3) is 0.467. The molecule has 0 aromatic heterocycles. The van der Waals surface area contributed by atoms with Crippen LogP contribution in [0, 0.1) is 6.92 Å². The normalized spacial score (nSPS) is 17.0. The molecule has 1 saturated heterocycles. The van der Waals surface area contributed by atoms with Gasteiger partial charge in [0.05, 0.1) is 25.5 Å². The minimum Gasteiger partial charge on any atom is -0.379 e. The number of amides is 1. The number of carbonyl (C=O) groups is 1. The van der Waals surface area contributed by atoms with Gasteiger partial charge in [-0.05, 0) is 19.4 Å². The molecule has 1 aromatic rings. The number of benzene rings is 1. The third kappa shape index (κ3) is 4.43. The van der Waals surface area contributed by atoms with Crippen molar-refractivity contribution in [1.82, 2.24) is 10.3 Å². The summed E-state index contributed by atoms with van der Waals surface area (Å²) >= 11 is 0. The molecule has 1 aliphatic heterocycles. The molecule has 1 fully saturated rings. The lowest BCUT2D eigenvalue weighted by Gasteiger charge is -2.25. The predicted octanol–water partition coefficient (Wildman–Crippen LogP) is 1.17.